The van der Waals surface area contributed by atoms with E-state index in [1.165, 1.54) is 5.56 Å². The monoisotopic (exact) mass is 423 g/mol. The maximum Gasteiger partial charge on any atom is 0.220 e. The number of hydrogen-bond acceptors (Lipinski definition) is 5. The number of carbonyl (C=O) groups is 2. The Morgan fingerprint density at radius 1 is 1.13 bits per heavy atom. The summed E-state index contributed by atoms with van der Waals surface area (Å²) in [6.07, 6.45) is 3.39. The summed E-state index contributed by atoms with van der Waals surface area (Å²) in [6.45, 7) is 9.19. The first kappa shape index (κ1) is 22.9. The lowest BCUT2D eigenvalue weighted by Crippen LogP contribution is -2.41. The minimum Gasteiger partial charge on any atom is -0.375 e. The van der Waals surface area contributed by atoms with Crippen molar-refractivity contribution in [3.63, 3.8) is 0 Å². The highest BCUT2D eigenvalue weighted by atomic mass is 16.5. The summed E-state index contributed by atoms with van der Waals surface area (Å²) in [5.74, 6) is 1.38. The molecule has 6 heteroatoms. The predicted molar refractivity (Wildman–Crippen MR) is 122 cm³/mol. The van der Waals surface area contributed by atoms with E-state index in [4.69, 9.17) is 4.74 Å². The Morgan fingerprint density at radius 2 is 1.87 bits per heavy atom. The average molecular weight is 424 g/mol. The van der Waals surface area contributed by atoms with E-state index in [0.717, 1.165) is 30.9 Å². The van der Waals surface area contributed by atoms with E-state index >= 15 is 0 Å². The maximum absolute atomic E-state index is 12.4. The quantitative estimate of drug-likeness (QED) is 0.622. The van der Waals surface area contributed by atoms with Crippen LogP contribution in [0, 0.1) is 5.92 Å². The fourth-order valence-electron chi connectivity index (χ4n) is 3.69. The summed E-state index contributed by atoms with van der Waals surface area (Å²) in [5.41, 5.74) is 2.83. The third-order valence-corrected chi connectivity index (χ3v) is 5.36. The van der Waals surface area contributed by atoms with E-state index in [1.807, 2.05) is 36.4 Å². The van der Waals surface area contributed by atoms with Crippen LogP contribution in [0.4, 0.5) is 5.82 Å². The van der Waals surface area contributed by atoms with Crippen molar-refractivity contribution in [3.05, 3.63) is 59.3 Å². The van der Waals surface area contributed by atoms with Crippen molar-refractivity contribution < 1.29 is 14.3 Å². The Kier molecular flexibility index (Phi) is 8.18. The van der Waals surface area contributed by atoms with Crippen LogP contribution in [0.1, 0.15) is 55.1 Å². The Bertz CT molecular complexity index is 863. The summed E-state index contributed by atoms with van der Waals surface area (Å²) < 4.78 is 5.56. The molecule has 2 heterocycles. The van der Waals surface area contributed by atoms with Crippen LogP contribution in [0.5, 0.6) is 0 Å². The van der Waals surface area contributed by atoms with Crippen LogP contribution in [0.3, 0.4) is 0 Å². The molecule has 0 radical (unpaired) electrons. The number of amides is 1. The Balaban J connectivity index is 1.41. The molecule has 1 fully saturated rings. The van der Waals surface area contributed by atoms with Gasteiger partial charge in [-0.05, 0) is 36.5 Å². The molecule has 0 saturated carbocycles. The zero-order chi connectivity index (χ0) is 22.2. The minimum absolute atomic E-state index is 0.00277. The van der Waals surface area contributed by atoms with Gasteiger partial charge in [-0.2, -0.15) is 0 Å². The Morgan fingerprint density at radius 3 is 2.52 bits per heavy atom. The molecule has 6 nitrogen and oxygen atoms in total. The molecule has 1 aromatic heterocycles. The fourth-order valence-corrected chi connectivity index (χ4v) is 3.69. The number of nitrogens with one attached hydrogen (secondary N) is 1. The van der Waals surface area contributed by atoms with Gasteiger partial charge in [-0.1, -0.05) is 44.2 Å². The number of pyridine rings is 1. The van der Waals surface area contributed by atoms with Crippen molar-refractivity contribution in [3.8, 4) is 0 Å². The molecular formula is C25H33N3O3. The minimum atomic E-state index is -0.129. The van der Waals surface area contributed by atoms with Crippen LogP contribution in [0.15, 0.2) is 42.6 Å². The highest BCUT2D eigenvalue weighted by Crippen LogP contribution is 2.16. The zero-order valence-corrected chi connectivity index (χ0v) is 18.8. The number of nitrogens with zero attached hydrogens (tertiary/aromatic N) is 2. The molecule has 1 N–H and O–H groups in total. The van der Waals surface area contributed by atoms with Gasteiger partial charge in [0.2, 0.25) is 5.91 Å². The molecule has 0 spiro atoms. The summed E-state index contributed by atoms with van der Waals surface area (Å²) in [4.78, 5) is 31.3. The first-order valence-electron chi connectivity index (χ1n) is 11.1. The molecule has 1 aliphatic rings. The number of ketones is 1. The molecule has 166 valence electrons. The van der Waals surface area contributed by atoms with Crippen molar-refractivity contribution in [1.82, 2.24) is 10.3 Å². The van der Waals surface area contributed by atoms with Gasteiger partial charge < -0.3 is 15.0 Å². The van der Waals surface area contributed by atoms with Crippen LogP contribution in [-0.2, 0) is 22.5 Å². The lowest BCUT2D eigenvalue weighted by molar-refractivity contribution is -0.121. The van der Waals surface area contributed by atoms with E-state index in [9.17, 15) is 9.59 Å². The van der Waals surface area contributed by atoms with E-state index in [2.05, 4.69) is 36.0 Å². The smallest absolute Gasteiger partial charge is 0.220 e. The van der Waals surface area contributed by atoms with Gasteiger partial charge in [0.25, 0.3) is 0 Å². The Labute approximate surface area is 185 Å². The number of aromatic nitrogens is 1. The lowest BCUT2D eigenvalue weighted by Gasteiger charge is -2.32. The highest BCUT2D eigenvalue weighted by molar-refractivity contribution is 5.97. The molecule has 3 rings (SSSR count). The highest BCUT2D eigenvalue weighted by Gasteiger charge is 2.17. The molecule has 1 atom stereocenters. The third-order valence-electron chi connectivity index (χ3n) is 5.36. The number of morpholine rings is 1. The van der Waals surface area contributed by atoms with Gasteiger partial charge in [0.1, 0.15) is 5.82 Å². The normalized spacial score (nSPS) is 16.4. The molecule has 1 saturated heterocycles. The standard InChI is InChI=1S/C25H33N3O3/c1-18(2)14-20-4-7-22(8-5-20)23(29)9-11-25(30)27-16-21-6-10-24(26-15-21)28-12-13-31-19(3)17-28/h4-8,10,15,18-19H,9,11-14,16-17H2,1-3H3,(H,27,30). The van der Waals surface area contributed by atoms with Gasteiger partial charge in [0.15, 0.2) is 5.78 Å². The van der Waals surface area contributed by atoms with Crippen LogP contribution in [-0.4, -0.2) is 42.5 Å². The van der Waals surface area contributed by atoms with Gasteiger partial charge >= 0.3 is 0 Å². The largest absolute Gasteiger partial charge is 0.375 e. The predicted octanol–water partition coefficient (Wildman–Crippen LogP) is 3.78. The molecule has 1 aliphatic heterocycles. The second kappa shape index (κ2) is 11.0. The van der Waals surface area contributed by atoms with Gasteiger partial charge in [-0.15, -0.1) is 0 Å². The van der Waals surface area contributed by atoms with E-state index in [0.29, 0.717) is 24.6 Å². The van der Waals surface area contributed by atoms with Crippen molar-refractivity contribution in [2.24, 2.45) is 5.92 Å². The zero-order valence-electron chi connectivity index (χ0n) is 18.8. The van der Waals surface area contributed by atoms with Crippen molar-refractivity contribution in [2.75, 3.05) is 24.6 Å². The molecule has 31 heavy (non-hydrogen) atoms. The molecule has 0 aliphatic carbocycles. The van der Waals surface area contributed by atoms with E-state index in [-0.39, 0.29) is 30.6 Å². The number of rotatable bonds is 9. The lowest BCUT2D eigenvalue weighted by atomic mass is 9.99. The van der Waals surface area contributed by atoms with Crippen LogP contribution < -0.4 is 10.2 Å². The van der Waals surface area contributed by atoms with Crippen molar-refractivity contribution >= 4 is 17.5 Å². The van der Waals surface area contributed by atoms with Crippen molar-refractivity contribution in [2.45, 2.75) is 52.7 Å². The molecule has 1 amide bonds. The summed E-state index contributed by atoms with van der Waals surface area (Å²) in [6, 6.07) is 11.7. The number of benzene rings is 1. The summed E-state index contributed by atoms with van der Waals surface area (Å²) in [7, 11) is 0. The average Bonchev–Trinajstić information content (AvgIpc) is 2.76. The number of ether oxygens (including phenoxy) is 1. The SMILES string of the molecule is CC(C)Cc1ccc(C(=O)CCC(=O)NCc2ccc(N3CCOC(C)C3)nc2)cc1. The number of carbonyl (C=O) groups excluding carboxylic acids is 2. The number of hydrogen-bond donors (Lipinski definition) is 1. The van der Waals surface area contributed by atoms with E-state index < -0.39 is 0 Å². The van der Waals surface area contributed by atoms with Gasteiger partial charge in [0, 0.05) is 44.2 Å². The second-order valence-corrected chi connectivity index (χ2v) is 8.65. The molecule has 1 unspecified atom stereocenters. The Hall–Kier alpha value is -2.73. The molecule has 1 aromatic carbocycles. The van der Waals surface area contributed by atoms with Crippen LogP contribution in [0.25, 0.3) is 0 Å². The van der Waals surface area contributed by atoms with Crippen molar-refractivity contribution in [1.29, 1.82) is 0 Å². The third kappa shape index (κ3) is 7.17. The molecule has 2 aromatic rings. The first-order chi connectivity index (χ1) is 14.9. The van der Waals surface area contributed by atoms with Crippen LogP contribution in [0.2, 0.25) is 0 Å². The topological polar surface area (TPSA) is 71.5 Å². The maximum atomic E-state index is 12.4. The van der Waals surface area contributed by atoms with Gasteiger partial charge in [-0.3, -0.25) is 9.59 Å². The summed E-state index contributed by atoms with van der Waals surface area (Å²) in [5, 5.41) is 2.88. The fraction of sp³-hybridized carbons (Fsp3) is 0.480. The molecule has 0 bridgehead atoms. The molecular weight excluding hydrogens is 390 g/mol. The number of anilines is 1. The first-order valence-corrected chi connectivity index (χ1v) is 11.1. The van der Waals surface area contributed by atoms with Gasteiger partial charge in [-0.25, -0.2) is 4.98 Å². The summed E-state index contributed by atoms with van der Waals surface area (Å²) >= 11 is 0. The van der Waals surface area contributed by atoms with Gasteiger partial charge in [0.05, 0.1) is 12.7 Å². The van der Waals surface area contributed by atoms with E-state index in [1.54, 1.807) is 6.20 Å². The second-order valence-electron chi connectivity index (χ2n) is 8.65. The number of Topliss-reactive ketones (excluding diaryl/α,β-unsaturated/α-hetero) is 1. The van der Waals surface area contributed by atoms with Crippen LogP contribution >= 0.6 is 0 Å².